The Morgan fingerprint density at radius 3 is 2.84 bits per heavy atom. The number of hydrogen-bond acceptors (Lipinski definition) is 2. The molecule has 4 nitrogen and oxygen atoms in total. The molecule has 1 amide bonds. The van der Waals surface area contributed by atoms with E-state index >= 15 is 0 Å². The average Bonchev–Trinajstić information content (AvgIpc) is 2.83. The van der Waals surface area contributed by atoms with Gasteiger partial charge in [0.15, 0.2) is 0 Å². The van der Waals surface area contributed by atoms with E-state index in [1.807, 2.05) is 37.4 Å². The second-order valence-electron chi connectivity index (χ2n) is 4.78. The summed E-state index contributed by atoms with van der Waals surface area (Å²) < 4.78 is 11.2. The number of rotatable bonds is 4. The Morgan fingerprint density at radius 2 is 2.16 bits per heavy atom. The maximum Gasteiger partial charge on any atom is 0.253 e. The van der Waals surface area contributed by atoms with Crippen molar-refractivity contribution >= 4 is 27.6 Å². The van der Waals surface area contributed by atoms with Crippen LogP contribution in [0.5, 0.6) is 0 Å². The lowest BCUT2D eigenvalue weighted by Gasteiger charge is -2.24. The zero-order valence-electron chi connectivity index (χ0n) is 11.3. The number of fused-ring (bicyclic) bond motifs is 1. The van der Waals surface area contributed by atoms with Crippen LogP contribution in [0.4, 0.5) is 0 Å². The standard InChI is InChI=1S/C14H18N2O2S/c1-10(9-19(3)18)16(2)14(17)12-5-4-11-6-7-15-13(11)8-12/h4-8,10,15H,9H2,1-3H3/t10-,19+/m0/s1. The molecular weight excluding hydrogens is 260 g/mol. The number of nitrogens with one attached hydrogen (secondary N) is 1. The molecule has 0 spiro atoms. The molecule has 0 radical (unpaired) electrons. The van der Waals surface area contributed by atoms with Crippen molar-refractivity contribution in [2.24, 2.45) is 0 Å². The van der Waals surface area contributed by atoms with E-state index in [4.69, 9.17) is 0 Å². The summed E-state index contributed by atoms with van der Waals surface area (Å²) in [7, 11) is 0.844. The first-order valence-electron chi connectivity index (χ1n) is 6.13. The van der Waals surface area contributed by atoms with Gasteiger partial charge in [0.2, 0.25) is 0 Å². The van der Waals surface area contributed by atoms with Gasteiger partial charge < -0.3 is 9.88 Å². The van der Waals surface area contributed by atoms with Crippen LogP contribution in [0, 0.1) is 0 Å². The molecule has 1 heterocycles. The Kier molecular flexibility index (Phi) is 4.04. The number of carbonyl (C=O) groups excluding carboxylic acids is 1. The van der Waals surface area contributed by atoms with Gasteiger partial charge in [-0.15, -0.1) is 0 Å². The van der Waals surface area contributed by atoms with Gasteiger partial charge in [0.25, 0.3) is 5.91 Å². The molecule has 5 heteroatoms. The highest BCUT2D eigenvalue weighted by atomic mass is 32.2. The van der Waals surface area contributed by atoms with Crippen molar-refractivity contribution in [1.82, 2.24) is 9.88 Å². The number of aromatic amines is 1. The minimum atomic E-state index is -0.905. The van der Waals surface area contributed by atoms with Gasteiger partial charge in [0.1, 0.15) is 0 Å². The van der Waals surface area contributed by atoms with Gasteiger partial charge in [0.05, 0.1) is 0 Å². The molecule has 0 bridgehead atoms. The lowest BCUT2D eigenvalue weighted by Crippen LogP contribution is -2.38. The van der Waals surface area contributed by atoms with Crippen LogP contribution in [-0.2, 0) is 10.8 Å². The van der Waals surface area contributed by atoms with Gasteiger partial charge in [-0.1, -0.05) is 6.07 Å². The Balaban J connectivity index is 2.20. The lowest BCUT2D eigenvalue weighted by atomic mass is 10.1. The molecule has 0 fully saturated rings. The third-order valence-electron chi connectivity index (χ3n) is 3.26. The van der Waals surface area contributed by atoms with Gasteiger partial charge in [0, 0.05) is 53.2 Å². The van der Waals surface area contributed by atoms with Gasteiger partial charge in [-0.2, -0.15) is 0 Å². The third-order valence-corrected chi connectivity index (χ3v) is 4.21. The number of hydrogen-bond donors (Lipinski definition) is 1. The monoisotopic (exact) mass is 278 g/mol. The Hall–Kier alpha value is -1.62. The van der Waals surface area contributed by atoms with Crippen molar-refractivity contribution in [2.45, 2.75) is 13.0 Å². The summed E-state index contributed by atoms with van der Waals surface area (Å²) in [5.41, 5.74) is 1.59. The molecule has 102 valence electrons. The van der Waals surface area contributed by atoms with Gasteiger partial charge in [-0.05, 0) is 30.5 Å². The van der Waals surface area contributed by atoms with Crippen LogP contribution >= 0.6 is 0 Å². The summed E-state index contributed by atoms with van der Waals surface area (Å²) >= 11 is 0. The van der Waals surface area contributed by atoms with Crippen molar-refractivity contribution in [3.05, 3.63) is 36.0 Å². The van der Waals surface area contributed by atoms with E-state index in [2.05, 4.69) is 4.98 Å². The van der Waals surface area contributed by atoms with Crippen LogP contribution in [0.3, 0.4) is 0 Å². The third kappa shape index (κ3) is 3.04. The molecule has 0 saturated heterocycles. The first-order valence-corrected chi connectivity index (χ1v) is 7.86. The summed E-state index contributed by atoms with van der Waals surface area (Å²) in [5, 5.41) is 1.09. The van der Waals surface area contributed by atoms with E-state index in [0.717, 1.165) is 10.9 Å². The molecule has 0 saturated carbocycles. The molecule has 1 aromatic heterocycles. The van der Waals surface area contributed by atoms with Crippen LogP contribution < -0.4 is 0 Å². The summed E-state index contributed by atoms with van der Waals surface area (Å²) in [6.45, 7) is 1.91. The maximum atomic E-state index is 12.3. The summed E-state index contributed by atoms with van der Waals surface area (Å²) in [5.74, 6) is 0.446. The average molecular weight is 278 g/mol. The lowest BCUT2D eigenvalue weighted by molar-refractivity contribution is 0.0757. The van der Waals surface area contributed by atoms with Crippen LogP contribution in [0.1, 0.15) is 17.3 Å². The molecule has 2 atom stereocenters. The van der Waals surface area contributed by atoms with Crippen LogP contribution in [0.25, 0.3) is 10.9 Å². The Labute approximate surface area is 115 Å². The second-order valence-corrected chi connectivity index (χ2v) is 6.26. The number of amides is 1. The molecule has 0 aliphatic heterocycles. The largest absolute Gasteiger partial charge is 0.361 e. The first-order chi connectivity index (χ1) is 8.99. The van der Waals surface area contributed by atoms with Crippen LogP contribution in [0.2, 0.25) is 0 Å². The van der Waals surface area contributed by atoms with E-state index in [-0.39, 0.29) is 11.9 Å². The van der Waals surface area contributed by atoms with Gasteiger partial charge >= 0.3 is 0 Å². The highest BCUT2D eigenvalue weighted by Gasteiger charge is 2.18. The summed E-state index contributed by atoms with van der Waals surface area (Å²) in [6.07, 6.45) is 3.51. The second kappa shape index (κ2) is 5.57. The molecule has 0 aliphatic rings. The van der Waals surface area contributed by atoms with Crippen LogP contribution in [0.15, 0.2) is 30.5 Å². The smallest absolute Gasteiger partial charge is 0.253 e. The fourth-order valence-corrected chi connectivity index (χ4v) is 2.94. The topological polar surface area (TPSA) is 53.2 Å². The fraction of sp³-hybridized carbons (Fsp3) is 0.357. The minimum absolute atomic E-state index is 0.0438. The Bertz CT molecular complexity index is 621. The zero-order chi connectivity index (χ0) is 14.0. The molecule has 2 rings (SSSR count). The molecule has 2 aromatic rings. The molecular formula is C14H18N2O2S. The number of nitrogens with zero attached hydrogens (tertiary/aromatic N) is 1. The normalized spacial score (nSPS) is 14.3. The molecule has 1 aromatic carbocycles. The summed E-state index contributed by atoms with van der Waals surface area (Å²) in [6, 6.07) is 7.53. The van der Waals surface area contributed by atoms with Crippen molar-refractivity contribution in [3.63, 3.8) is 0 Å². The molecule has 0 unspecified atom stereocenters. The maximum absolute atomic E-state index is 12.3. The summed E-state index contributed by atoms with van der Waals surface area (Å²) in [4.78, 5) is 17.1. The minimum Gasteiger partial charge on any atom is -0.361 e. The highest BCUT2D eigenvalue weighted by Crippen LogP contribution is 2.16. The van der Waals surface area contributed by atoms with E-state index in [1.165, 1.54) is 0 Å². The Morgan fingerprint density at radius 1 is 1.42 bits per heavy atom. The SMILES string of the molecule is C[C@@H](C[S@@](C)=O)N(C)C(=O)c1ccc2cc[nH]c2c1. The fourth-order valence-electron chi connectivity index (χ4n) is 2.04. The molecule has 19 heavy (non-hydrogen) atoms. The quantitative estimate of drug-likeness (QED) is 0.930. The van der Waals surface area contributed by atoms with Gasteiger partial charge in [-0.3, -0.25) is 9.00 Å². The van der Waals surface area contributed by atoms with E-state index < -0.39 is 10.8 Å². The molecule has 0 aliphatic carbocycles. The highest BCUT2D eigenvalue weighted by molar-refractivity contribution is 7.84. The number of benzene rings is 1. The van der Waals surface area contributed by atoms with Crippen molar-refractivity contribution in [2.75, 3.05) is 19.1 Å². The van der Waals surface area contributed by atoms with Crippen molar-refractivity contribution in [3.8, 4) is 0 Å². The van der Waals surface area contributed by atoms with Crippen LogP contribution in [-0.4, -0.2) is 45.1 Å². The van der Waals surface area contributed by atoms with E-state index in [9.17, 15) is 9.00 Å². The molecule has 1 N–H and O–H groups in total. The van der Waals surface area contributed by atoms with E-state index in [0.29, 0.717) is 11.3 Å². The predicted molar refractivity (Wildman–Crippen MR) is 78.8 cm³/mol. The number of aromatic nitrogens is 1. The number of H-pyrrole nitrogens is 1. The van der Waals surface area contributed by atoms with Crippen molar-refractivity contribution < 1.29 is 9.00 Å². The first kappa shape index (κ1) is 13.8. The number of carbonyl (C=O) groups is 1. The van der Waals surface area contributed by atoms with Crippen molar-refractivity contribution in [1.29, 1.82) is 0 Å². The predicted octanol–water partition coefficient (Wildman–Crippen LogP) is 2.01. The van der Waals surface area contributed by atoms with Gasteiger partial charge in [-0.25, -0.2) is 0 Å². The zero-order valence-corrected chi connectivity index (χ0v) is 12.2. The van der Waals surface area contributed by atoms with E-state index in [1.54, 1.807) is 18.2 Å².